The van der Waals surface area contributed by atoms with E-state index >= 15 is 0 Å². The topological polar surface area (TPSA) is 300 Å². The molecule has 0 saturated carbocycles. The Bertz CT molecular complexity index is 5020. The normalized spacial score (nSPS) is 16.1. The summed E-state index contributed by atoms with van der Waals surface area (Å²) < 4.78 is 20.4. The number of hydrogen-bond donors (Lipinski definition) is 3. The molecule has 0 spiro atoms. The van der Waals surface area contributed by atoms with Crippen LogP contribution in [0.2, 0.25) is 0 Å². The maximum atomic E-state index is 13.8. The number of rotatable bonds is 9. The average Bonchev–Trinajstić information content (AvgIpc) is 1.57. The van der Waals surface area contributed by atoms with Gasteiger partial charge >= 0.3 is 5.97 Å². The molecule has 3 aliphatic heterocycles. The van der Waals surface area contributed by atoms with E-state index in [1.54, 1.807) is 87.4 Å². The number of carbonyl (C=O) groups excluding carboxylic acids is 6. The number of benzene rings is 3. The summed E-state index contributed by atoms with van der Waals surface area (Å²) >= 11 is 6.96. The maximum Gasteiger partial charge on any atom is 0.323 e. The summed E-state index contributed by atoms with van der Waals surface area (Å²) in [5, 5.41) is 32.8. The van der Waals surface area contributed by atoms with E-state index in [-0.39, 0.29) is 76.0 Å². The summed E-state index contributed by atoms with van der Waals surface area (Å²) in [5.41, 5.74) is 6.77. The number of carboxylic acid groups (broad SMARTS) is 1. The highest BCUT2D eigenvalue weighted by atomic mass is 79.9. The number of carboxylic acids is 1. The molecule has 0 atom stereocenters. The summed E-state index contributed by atoms with van der Waals surface area (Å²) in [6, 6.07) is 27.9. The van der Waals surface area contributed by atoms with Gasteiger partial charge in [0.1, 0.15) is 46.3 Å². The number of fused-ring (bicyclic) bond motifs is 3. The molecule has 10 heterocycles. The lowest BCUT2D eigenvalue weighted by Crippen LogP contribution is -2.65. The Morgan fingerprint density at radius 2 is 0.923 bits per heavy atom. The zero-order valence-corrected chi connectivity index (χ0v) is 64.3. The minimum absolute atomic E-state index is 0.119. The molecule has 29 heteroatoms. The molecule has 3 aliphatic rings. The van der Waals surface area contributed by atoms with Gasteiger partial charge in [-0.2, -0.15) is 15.3 Å². The number of imidazole rings is 3. The third-order valence-corrected chi connectivity index (χ3v) is 19.8. The number of aromatic nitrogens is 12. The second-order valence-corrected chi connectivity index (χ2v) is 32.8. The van der Waals surface area contributed by atoms with E-state index in [4.69, 9.17) is 20.3 Å². The zero-order chi connectivity index (χ0) is 75.7. The van der Waals surface area contributed by atoms with E-state index in [0.717, 1.165) is 53.7 Å². The molecule has 104 heavy (non-hydrogen) atoms. The van der Waals surface area contributed by atoms with Crippen molar-refractivity contribution in [3.63, 3.8) is 0 Å². The number of nitrogens with one attached hydrogen (secondary N) is 2. The lowest BCUT2D eigenvalue weighted by Gasteiger charge is -2.46. The van der Waals surface area contributed by atoms with Gasteiger partial charge in [0.2, 0.25) is 17.6 Å². The molecular formula is C75H85Br2FN18O8. The van der Waals surface area contributed by atoms with Crippen LogP contribution in [0.25, 0.3) is 50.7 Å². The number of aromatic amines is 1. The van der Waals surface area contributed by atoms with Gasteiger partial charge in [0.15, 0.2) is 16.9 Å². The van der Waals surface area contributed by atoms with Gasteiger partial charge in [-0.15, -0.1) is 5.10 Å². The van der Waals surface area contributed by atoms with Gasteiger partial charge in [0, 0.05) is 88.1 Å². The molecule has 0 aliphatic carbocycles. The van der Waals surface area contributed by atoms with E-state index in [9.17, 15) is 38.0 Å². The van der Waals surface area contributed by atoms with E-state index in [0.29, 0.717) is 66.9 Å². The van der Waals surface area contributed by atoms with Crippen LogP contribution in [0.15, 0.2) is 119 Å². The van der Waals surface area contributed by atoms with E-state index in [1.807, 2.05) is 95.3 Å². The Morgan fingerprint density at radius 3 is 1.31 bits per heavy atom. The Kier molecular flexibility index (Phi) is 20.3. The fourth-order valence-electron chi connectivity index (χ4n) is 12.9. The number of hydrogen-bond acceptors (Lipinski definition) is 15. The van der Waals surface area contributed by atoms with Crippen LogP contribution in [0.3, 0.4) is 0 Å². The molecule has 0 unspecified atom stereocenters. The van der Waals surface area contributed by atoms with Gasteiger partial charge in [-0.05, 0) is 131 Å². The van der Waals surface area contributed by atoms with Crippen LogP contribution >= 0.6 is 31.9 Å². The highest BCUT2D eigenvalue weighted by Gasteiger charge is 2.47. The summed E-state index contributed by atoms with van der Waals surface area (Å²) in [4.78, 5) is 116. The standard InChI is InChI=1S/C27H31BrN8O2.C25H28FN5O4.C23H26BrN5O2/c1-16-29-22(32-31-16)25(38)34-11-12-35(27(5,6)15-34)24(37)21-14-36-23(30-21)19(26(2,3)4)13-20(33-36)17-7-9-18(28)10-8-17;1-24(2,3)17-12-18(15-6-8-16(26)9-7-15)28-31-13-19(27-21(17)31)22(34)30-11-10-29(14-20(32)33)23(35)25(30,4)5;1-22(2,3)16-12-17(14-6-8-15(24)9-7-14)27-29-13-18(26-19(16)29)20(30)28-11-10-25-21(31)23(28,4)5/h7-10,13-14H,11-12,15H2,1-6H3,(H,29,31,32);6-9,12-13H,10-11,14H2,1-5H3,(H,32,33);6-9,12-13H,10-11H2,1-5H3,(H,25,31). The van der Waals surface area contributed by atoms with Gasteiger partial charge in [0.05, 0.1) is 41.2 Å². The molecule has 26 nitrogen and oxygen atoms in total. The van der Waals surface area contributed by atoms with Gasteiger partial charge in [0.25, 0.3) is 23.6 Å². The first kappa shape index (κ1) is 75.0. The average molecular weight is 1550 g/mol. The highest BCUT2D eigenvalue weighted by molar-refractivity contribution is 9.10. The summed E-state index contributed by atoms with van der Waals surface area (Å²) in [6.07, 6.45) is 4.90. The number of nitrogens with zero attached hydrogens (tertiary/aromatic N) is 16. The first-order valence-corrected chi connectivity index (χ1v) is 35.6. The third kappa shape index (κ3) is 15.4. The van der Waals surface area contributed by atoms with E-state index in [2.05, 4.69) is 115 Å². The molecule has 3 saturated heterocycles. The molecule has 3 N–H and O–H groups in total. The second-order valence-electron chi connectivity index (χ2n) is 30.9. The lowest BCUT2D eigenvalue weighted by molar-refractivity contribution is -0.153. The highest BCUT2D eigenvalue weighted by Crippen LogP contribution is 2.36. The molecule has 3 aromatic carbocycles. The Balaban J connectivity index is 0.000000157. The van der Waals surface area contributed by atoms with Crippen molar-refractivity contribution in [1.82, 2.24) is 88.8 Å². The molecule has 10 aromatic rings. The molecule has 7 aromatic heterocycles. The fraction of sp³-hybridized carbons (Fsp3) is 0.400. The first-order valence-electron chi connectivity index (χ1n) is 34.0. The van der Waals surface area contributed by atoms with Crippen LogP contribution in [-0.4, -0.2) is 199 Å². The number of halogens is 3. The molecule has 544 valence electrons. The van der Waals surface area contributed by atoms with Crippen LogP contribution in [0.5, 0.6) is 0 Å². The number of H-pyrrole nitrogens is 1. The first-order chi connectivity index (χ1) is 48.6. The van der Waals surface area contributed by atoms with E-state index < -0.39 is 40.9 Å². The van der Waals surface area contributed by atoms with E-state index in [1.165, 1.54) is 28.1 Å². The maximum absolute atomic E-state index is 13.8. The van der Waals surface area contributed by atoms with Crippen molar-refractivity contribution in [1.29, 1.82) is 0 Å². The number of aliphatic carboxylic acids is 1. The van der Waals surface area contributed by atoms with Crippen LogP contribution in [-0.2, 0) is 30.6 Å². The van der Waals surface area contributed by atoms with Gasteiger partial charge in [-0.25, -0.2) is 37.9 Å². The van der Waals surface area contributed by atoms with Crippen molar-refractivity contribution in [2.75, 3.05) is 52.4 Å². The molecule has 0 radical (unpaired) electrons. The summed E-state index contributed by atoms with van der Waals surface area (Å²) in [6.45, 7) is 33.0. The number of carbonyl (C=O) groups is 7. The van der Waals surface area contributed by atoms with Crippen molar-refractivity contribution < 1.29 is 43.1 Å². The quantitative estimate of drug-likeness (QED) is 0.121. The van der Waals surface area contributed by atoms with Crippen LogP contribution in [0, 0.1) is 12.7 Å². The van der Waals surface area contributed by atoms with Crippen molar-refractivity contribution in [2.45, 2.75) is 144 Å². The molecule has 6 amide bonds. The molecule has 0 bridgehead atoms. The second kappa shape index (κ2) is 28.1. The SMILES string of the molecule is CC(C)(C)c1cc(-c2ccc(Br)cc2)nn2cc(C(=O)N3CCNC(=O)C3(C)C)nc12.CC(C)(C)c1cc(-c2ccc(F)cc2)nn2cc(C(=O)N3CCN(CC(=O)O)C(=O)C3(C)C)nc12.Cc1nc(C(=O)N2CCN(C(=O)c3cn4nc(-c5ccc(Br)cc5)cc(C(C)(C)C)c4n3)C(C)(C)C2)n[nH]1. The Labute approximate surface area is 618 Å². The van der Waals surface area contributed by atoms with Crippen molar-refractivity contribution in [3.8, 4) is 33.8 Å². The summed E-state index contributed by atoms with van der Waals surface area (Å²) in [5.74, 6) is -2.47. The van der Waals surface area contributed by atoms with Crippen LogP contribution in [0.1, 0.15) is 168 Å². The minimum Gasteiger partial charge on any atom is -0.480 e. The summed E-state index contributed by atoms with van der Waals surface area (Å²) in [7, 11) is 0. The predicted octanol–water partition coefficient (Wildman–Crippen LogP) is 11.0. The third-order valence-electron chi connectivity index (χ3n) is 18.7. The largest absolute Gasteiger partial charge is 0.480 e. The predicted molar refractivity (Wildman–Crippen MR) is 396 cm³/mol. The van der Waals surface area contributed by atoms with Gasteiger partial charge in [-0.1, -0.05) is 118 Å². The van der Waals surface area contributed by atoms with Crippen molar-refractivity contribution in [3.05, 3.63) is 170 Å². The van der Waals surface area contributed by atoms with Crippen molar-refractivity contribution >= 4 is 90.2 Å². The molecular weight excluding hydrogens is 1460 g/mol. The Morgan fingerprint density at radius 1 is 0.529 bits per heavy atom. The molecule has 3 fully saturated rings. The van der Waals surface area contributed by atoms with Crippen LogP contribution in [0.4, 0.5) is 4.39 Å². The van der Waals surface area contributed by atoms with Crippen LogP contribution < -0.4 is 5.32 Å². The molecule has 13 rings (SSSR count). The fourth-order valence-corrected chi connectivity index (χ4v) is 13.4. The smallest absolute Gasteiger partial charge is 0.323 e. The van der Waals surface area contributed by atoms with Gasteiger partial charge in [-0.3, -0.25) is 38.7 Å². The Hall–Kier alpha value is -10.2. The zero-order valence-electron chi connectivity index (χ0n) is 61.1. The number of piperazine rings is 3. The number of amides is 6. The van der Waals surface area contributed by atoms with Gasteiger partial charge < -0.3 is 34.9 Å². The van der Waals surface area contributed by atoms with Crippen molar-refractivity contribution in [2.24, 2.45) is 0 Å². The lowest BCUT2D eigenvalue weighted by atomic mass is 9.87. The monoisotopic (exact) mass is 1540 g/mol. The number of aryl methyl sites for hydroxylation is 1. The minimum atomic E-state index is -1.24.